The van der Waals surface area contributed by atoms with Gasteiger partial charge in [0.2, 0.25) is 0 Å². The summed E-state index contributed by atoms with van der Waals surface area (Å²) < 4.78 is 6.02. The van der Waals surface area contributed by atoms with E-state index in [0.717, 1.165) is 6.54 Å². The second kappa shape index (κ2) is 5.99. The number of ether oxygens (including phenoxy) is 1. The maximum absolute atomic E-state index is 6.02. The third-order valence-corrected chi connectivity index (χ3v) is 2.92. The normalized spacial score (nSPS) is 20.6. The minimum atomic E-state index is 0.0104. The van der Waals surface area contributed by atoms with Crippen LogP contribution in [0.15, 0.2) is 0 Å². The van der Waals surface area contributed by atoms with Crippen LogP contribution < -0.4 is 0 Å². The molecule has 1 aliphatic heterocycles. The fourth-order valence-corrected chi connectivity index (χ4v) is 2.09. The van der Waals surface area contributed by atoms with Crippen LogP contribution in [0.2, 0.25) is 0 Å². The van der Waals surface area contributed by atoms with E-state index >= 15 is 0 Å². The fraction of sp³-hybridized carbons (Fsp3) is 1.00. The van der Waals surface area contributed by atoms with Gasteiger partial charge in [0.1, 0.15) is 0 Å². The minimum absolute atomic E-state index is 0.0104. The van der Waals surface area contributed by atoms with Gasteiger partial charge in [-0.25, -0.2) is 0 Å². The highest BCUT2D eigenvalue weighted by Crippen LogP contribution is 2.19. The largest absolute Gasteiger partial charge is 0.373 e. The first-order chi connectivity index (χ1) is 7.37. The van der Waals surface area contributed by atoms with Crippen LogP contribution in [0.25, 0.3) is 0 Å². The number of hydrogen-bond acceptors (Lipinski definition) is 3. The van der Waals surface area contributed by atoms with E-state index in [4.69, 9.17) is 4.74 Å². The van der Waals surface area contributed by atoms with Gasteiger partial charge in [-0.3, -0.25) is 0 Å². The molecule has 16 heavy (non-hydrogen) atoms. The maximum atomic E-state index is 6.02. The molecule has 1 saturated heterocycles. The molecule has 0 unspecified atom stereocenters. The zero-order valence-electron chi connectivity index (χ0n) is 11.6. The molecule has 0 amide bonds. The van der Waals surface area contributed by atoms with Gasteiger partial charge < -0.3 is 14.5 Å². The Kier molecular flexibility index (Phi) is 5.22. The van der Waals surface area contributed by atoms with Crippen molar-refractivity contribution in [1.82, 2.24) is 9.80 Å². The quantitative estimate of drug-likeness (QED) is 0.730. The first-order valence-corrected chi connectivity index (χ1v) is 6.42. The summed E-state index contributed by atoms with van der Waals surface area (Å²) in [4.78, 5) is 4.79. The third-order valence-electron chi connectivity index (χ3n) is 2.92. The number of piperidine rings is 1. The Morgan fingerprint density at radius 2 is 1.75 bits per heavy atom. The Bertz CT molecular complexity index is 191. The lowest BCUT2D eigenvalue weighted by Crippen LogP contribution is -2.42. The van der Waals surface area contributed by atoms with Crippen molar-refractivity contribution >= 4 is 0 Å². The van der Waals surface area contributed by atoms with Gasteiger partial charge in [0.05, 0.1) is 11.7 Å². The average Bonchev–Trinajstić information content (AvgIpc) is 2.14. The molecule has 0 N–H and O–H groups in total. The van der Waals surface area contributed by atoms with E-state index in [1.165, 1.54) is 32.5 Å². The van der Waals surface area contributed by atoms with Crippen LogP contribution in [0, 0.1) is 0 Å². The van der Waals surface area contributed by atoms with E-state index in [1.54, 1.807) is 0 Å². The van der Waals surface area contributed by atoms with E-state index in [0.29, 0.717) is 6.10 Å². The summed E-state index contributed by atoms with van der Waals surface area (Å²) in [5.74, 6) is 0. The molecule has 1 aliphatic rings. The van der Waals surface area contributed by atoms with Gasteiger partial charge in [-0.05, 0) is 47.7 Å². The second-order valence-electron chi connectivity index (χ2n) is 6.07. The minimum Gasteiger partial charge on any atom is -0.373 e. The molecule has 0 spiro atoms. The van der Waals surface area contributed by atoms with Gasteiger partial charge in [0.25, 0.3) is 0 Å². The van der Waals surface area contributed by atoms with Crippen molar-refractivity contribution in [2.75, 3.05) is 40.3 Å². The molecule has 0 aromatic rings. The highest BCUT2D eigenvalue weighted by atomic mass is 16.5. The van der Waals surface area contributed by atoms with Gasteiger partial charge >= 0.3 is 0 Å². The predicted octanol–water partition coefficient (Wildman–Crippen LogP) is 1.83. The molecule has 1 fully saturated rings. The lowest BCUT2D eigenvalue weighted by molar-refractivity contribution is -0.0821. The van der Waals surface area contributed by atoms with E-state index in [2.05, 4.69) is 44.7 Å². The van der Waals surface area contributed by atoms with Crippen molar-refractivity contribution in [2.24, 2.45) is 0 Å². The molecule has 3 nitrogen and oxygen atoms in total. The summed E-state index contributed by atoms with van der Waals surface area (Å²) in [7, 11) is 4.27. The summed E-state index contributed by atoms with van der Waals surface area (Å²) in [6, 6.07) is 0. The van der Waals surface area contributed by atoms with Gasteiger partial charge in [-0.2, -0.15) is 0 Å². The standard InChI is InChI=1S/C13H28N2O/c1-13(2,3)16-12-6-8-15(9-7-12)11-10-14(4)5/h12H,6-11H2,1-5H3. The molecule has 0 radical (unpaired) electrons. The zero-order valence-corrected chi connectivity index (χ0v) is 11.6. The van der Waals surface area contributed by atoms with Crippen molar-refractivity contribution in [3.05, 3.63) is 0 Å². The third kappa shape index (κ3) is 5.83. The lowest BCUT2D eigenvalue weighted by atomic mass is 10.1. The van der Waals surface area contributed by atoms with Crippen LogP contribution >= 0.6 is 0 Å². The zero-order chi connectivity index (χ0) is 12.2. The number of hydrogen-bond donors (Lipinski definition) is 0. The van der Waals surface area contributed by atoms with Gasteiger partial charge in [0, 0.05) is 26.2 Å². The van der Waals surface area contributed by atoms with Crippen LogP contribution in [0.1, 0.15) is 33.6 Å². The van der Waals surface area contributed by atoms with Crippen LogP contribution in [-0.4, -0.2) is 61.8 Å². The monoisotopic (exact) mass is 228 g/mol. The van der Waals surface area contributed by atoms with Crippen LogP contribution in [0.3, 0.4) is 0 Å². The van der Waals surface area contributed by atoms with E-state index < -0.39 is 0 Å². The molecular weight excluding hydrogens is 200 g/mol. The van der Waals surface area contributed by atoms with E-state index in [-0.39, 0.29) is 5.60 Å². The predicted molar refractivity (Wildman–Crippen MR) is 68.9 cm³/mol. The van der Waals surface area contributed by atoms with Crippen molar-refractivity contribution in [3.63, 3.8) is 0 Å². The maximum Gasteiger partial charge on any atom is 0.0606 e. The molecule has 0 aliphatic carbocycles. The fourth-order valence-electron chi connectivity index (χ4n) is 2.09. The Morgan fingerprint density at radius 1 is 1.19 bits per heavy atom. The van der Waals surface area contributed by atoms with Crippen molar-refractivity contribution < 1.29 is 4.74 Å². The molecule has 1 rings (SSSR count). The van der Waals surface area contributed by atoms with Crippen molar-refractivity contribution in [2.45, 2.75) is 45.3 Å². The summed E-state index contributed by atoms with van der Waals surface area (Å²) in [6.07, 6.45) is 2.84. The van der Waals surface area contributed by atoms with Gasteiger partial charge in [-0.15, -0.1) is 0 Å². The molecule has 0 saturated carbocycles. The number of nitrogens with zero attached hydrogens (tertiary/aromatic N) is 2. The van der Waals surface area contributed by atoms with Crippen LogP contribution in [-0.2, 0) is 4.74 Å². The van der Waals surface area contributed by atoms with Crippen molar-refractivity contribution in [1.29, 1.82) is 0 Å². The molecule has 1 heterocycles. The molecule has 96 valence electrons. The SMILES string of the molecule is CN(C)CCN1CCC(OC(C)(C)C)CC1. The number of rotatable bonds is 4. The highest BCUT2D eigenvalue weighted by molar-refractivity contribution is 4.75. The molecule has 0 aromatic heterocycles. The smallest absolute Gasteiger partial charge is 0.0606 e. The Hall–Kier alpha value is -0.120. The summed E-state index contributed by atoms with van der Waals surface area (Å²) in [6.45, 7) is 11.2. The van der Waals surface area contributed by atoms with Crippen LogP contribution in [0.4, 0.5) is 0 Å². The molecule has 3 heteroatoms. The summed E-state index contributed by atoms with van der Waals surface area (Å²) in [5, 5.41) is 0. The van der Waals surface area contributed by atoms with E-state index in [9.17, 15) is 0 Å². The van der Waals surface area contributed by atoms with E-state index in [1.807, 2.05) is 0 Å². The van der Waals surface area contributed by atoms with Gasteiger partial charge in [-0.1, -0.05) is 0 Å². The highest BCUT2D eigenvalue weighted by Gasteiger charge is 2.23. The van der Waals surface area contributed by atoms with Gasteiger partial charge in [0.15, 0.2) is 0 Å². The lowest BCUT2D eigenvalue weighted by Gasteiger charge is -2.35. The Labute approximate surface area is 101 Å². The molecule has 0 bridgehead atoms. The molecule has 0 aromatic carbocycles. The van der Waals surface area contributed by atoms with Crippen LogP contribution in [0.5, 0.6) is 0 Å². The number of likely N-dealkylation sites (tertiary alicyclic amines) is 1. The number of likely N-dealkylation sites (N-methyl/N-ethyl adjacent to an activating group) is 1. The Balaban J connectivity index is 2.18. The first kappa shape index (κ1) is 13.9. The first-order valence-electron chi connectivity index (χ1n) is 6.42. The molecule has 0 atom stereocenters. The average molecular weight is 228 g/mol. The molecular formula is C13H28N2O. The Morgan fingerprint density at radius 3 is 2.19 bits per heavy atom. The second-order valence-corrected chi connectivity index (χ2v) is 6.07. The van der Waals surface area contributed by atoms with Crippen molar-refractivity contribution in [3.8, 4) is 0 Å². The summed E-state index contributed by atoms with van der Waals surface area (Å²) in [5.41, 5.74) is 0.0104. The topological polar surface area (TPSA) is 15.7 Å². The summed E-state index contributed by atoms with van der Waals surface area (Å²) >= 11 is 0.